The number of hydrogen-bond acceptors (Lipinski definition) is 2. The molecular weight excluding hydrogens is 260 g/mol. The van der Waals surface area contributed by atoms with Gasteiger partial charge in [-0.05, 0) is 24.1 Å². The lowest BCUT2D eigenvalue weighted by atomic mass is 10.2. The first-order valence-electron chi connectivity index (χ1n) is 6.98. The molecule has 0 unspecified atom stereocenters. The highest BCUT2D eigenvalue weighted by atomic mass is 16.5. The molecule has 0 heterocycles. The highest BCUT2D eigenvalue weighted by Gasteiger charge is 2.05. The standard InChI is InChI=1S/C19H20O2/c1-3-19(21-15-18-12-8-5-9-13-18)16(2)20-14-17-10-6-4-7-11-17/h3-13H,2,14-15H2,1H3/b19-3+. The lowest BCUT2D eigenvalue weighted by Gasteiger charge is -2.14. The Morgan fingerprint density at radius 2 is 1.33 bits per heavy atom. The average Bonchev–Trinajstić information content (AvgIpc) is 2.55. The van der Waals surface area contributed by atoms with Crippen LogP contribution in [0.1, 0.15) is 18.1 Å². The summed E-state index contributed by atoms with van der Waals surface area (Å²) < 4.78 is 11.4. The summed E-state index contributed by atoms with van der Waals surface area (Å²) in [6, 6.07) is 20.0. The van der Waals surface area contributed by atoms with Crippen LogP contribution in [0.25, 0.3) is 0 Å². The zero-order valence-electron chi connectivity index (χ0n) is 12.3. The Morgan fingerprint density at radius 3 is 1.81 bits per heavy atom. The van der Waals surface area contributed by atoms with Crippen molar-refractivity contribution in [2.75, 3.05) is 0 Å². The molecule has 21 heavy (non-hydrogen) atoms. The number of benzene rings is 2. The first-order chi connectivity index (χ1) is 10.3. The largest absolute Gasteiger partial charge is 0.486 e. The third-order valence-corrected chi connectivity index (χ3v) is 3.03. The second kappa shape index (κ2) is 7.95. The molecule has 0 aromatic heterocycles. The zero-order valence-corrected chi connectivity index (χ0v) is 12.3. The minimum atomic E-state index is 0.492. The molecule has 0 amide bonds. The van der Waals surface area contributed by atoms with Gasteiger partial charge in [0.25, 0.3) is 0 Å². The van der Waals surface area contributed by atoms with Crippen LogP contribution in [-0.2, 0) is 22.7 Å². The molecule has 0 aliphatic rings. The monoisotopic (exact) mass is 280 g/mol. The van der Waals surface area contributed by atoms with Crippen LogP contribution in [0.15, 0.2) is 84.8 Å². The van der Waals surface area contributed by atoms with Gasteiger partial charge >= 0.3 is 0 Å². The van der Waals surface area contributed by atoms with Crippen LogP contribution < -0.4 is 0 Å². The molecule has 0 atom stereocenters. The van der Waals surface area contributed by atoms with Crippen LogP contribution in [-0.4, -0.2) is 0 Å². The van der Waals surface area contributed by atoms with E-state index in [9.17, 15) is 0 Å². The van der Waals surface area contributed by atoms with Gasteiger partial charge in [-0.25, -0.2) is 0 Å². The van der Waals surface area contributed by atoms with E-state index >= 15 is 0 Å². The fraction of sp³-hybridized carbons (Fsp3) is 0.158. The van der Waals surface area contributed by atoms with E-state index in [1.165, 1.54) is 0 Å². The summed E-state index contributed by atoms with van der Waals surface area (Å²) in [5.41, 5.74) is 2.23. The van der Waals surface area contributed by atoms with Crippen LogP contribution in [0.3, 0.4) is 0 Å². The topological polar surface area (TPSA) is 18.5 Å². The molecular formula is C19H20O2. The Labute approximate surface area is 126 Å². The summed E-state index contributed by atoms with van der Waals surface area (Å²) in [6.45, 7) is 6.85. The summed E-state index contributed by atoms with van der Waals surface area (Å²) in [6.07, 6.45) is 1.87. The third-order valence-electron chi connectivity index (χ3n) is 3.03. The van der Waals surface area contributed by atoms with E-state index in [4.69, 9.17) is 9.47 Å². The molecule has 0 saturated heterocycles. The van der Waals surface area contributed by atoms with Gasteiger partial charge in [-0.3, -0.25) is 0 Å². The molecule has 0 saturated carbocycles. The maximum absolute atomic E-state index is 5.76. The van der Waals surface area contributed by atoms with Crippen molar-refractivity contribution in [3.8, 4) is 0 Å². The van der Waals surface area contributed by atoms with Gasteiger partial charge in [0.1, 0.15) is 13.2 Å². The third kappa shape index (κ3) is 4.84. The van der Waals surface area contributed by atoms with Crippen LogP contribution in [0.5, 0.6) is 0 Å². The Hall–Kier alpha value is -2.48. The van der Waals surface area contributed by atoms with Gasteiger partial charge < -0.3 is 9.47 Å². The first-order valence-corrected chi connectivity index (χ1v) is 6.98. The summed E-state index contributed by atoms with van der Waals surface area (Å²) in [5, 5.41) is 0. The van der Waals surface area contributed by atoms with E-state index in [0.29, 0.717) is 24.7 Å². The number of rotatable bonds is 7. The molecule has 2 aromatic carbocycles. The van der Waals surface area contributed by atoms with Gasteiger partial charge in [-0.2, -0.15) is 0 Å². The van der Waals surface area contributed by atoms with E-state index in [1.807, 2.05) is 73.7 Å². The fourth-order valence-electron chi connectivity index (χ4n) is 1.88. The van der Waals surface area contributed by atoms with Gasteiger partial charge in [-0.1, -0.05) is 67.2 Å². The molecule has 0 bridgehead atoms. The van der Waals surface area contributed by atoms with E-state index < -0.39 is 0 Å². The average molecular weight is 280 g/mol. The maximum atomic E-state index is 5.76. The summed E-state index contributed by atoms with van der Waals surface area (Å²) >= 11 is 0. The molecule has 2 rings (SSSR count). The van der Waals surface area contributed by atoms with Gasteiger partial charge in [0.2, 0.25) is 0 Å². The Balaban J connectivity index is 1.84. The number of hydrogen-bond donors (Lipinski definition) is 0. The fourth-order valence-corrected chi connectivity index (χ4v) is 1.88. The molecule has 2 heteroatoms. The molecule has 0 N–H and O–H groups in total. The van der Waals surface area contributed by atoms with E-state index in [-0.39, 0.29) is 0 Å². The Kier molecular flexibility index (Phi) is 5.65. The predicted octanol–water partition coefficient (Wildman–Crippen LogP) is 4.84. The van der Waals surface area contributed by atoms with E-state index in [0.717, 1.165) is 11.1 Å². The van der Waals surface area contributed by atoms with E-state index in [1.54, 1.807) is 0 Å². The summed E-state index contributed by atoms with van der Waals surface area (Å²) in [4.78, 5) is 0. The maximum Gasteiger partial charge on any atom is 0.156 e. The second-order valence-electron chi connectivity index (χ2n) is 4.62. The minimum absolute atomic E-state index is 0.492. The SMILES string of the molecule is C=C(OCc1ccccc1)/C(=C\C)OCc1ccccc1. The highest BCUT2D eigenvalue weighted by molar-refractivity contribution is 5.20. The lowest BCUT2D eigenvalue weighted by Crippen LogP contribution is -2.00. The minimum Gasteiger partial charge on any atom is -0.486 e. The van der Waals surface area contributed by atoms with Crippen LogP contribution in [0.2, 0.25) is 0 Å². The van der Waals surface area contributed by atoms with Crippen molar-refractivity contribution in [1.29, 1.82) is 0 Å². The van der Waals surface area contributed by atoms with Crippen molar-refractivity contribution in [2.24, 2.45) is 0 Å². The molecule has 0 spiro atoms. The molecule has 0 radical (unpaired) electrons. The first kappa shape index (κ1) is 14.9. The second-order valence-corrected chi connectivity index (χ2v) is 4.62. The van der Waals surface area contributed by atoms with E-state index in [2.05, 4.69) is 6.58 Å². The van der Waals surface area contributed by atoms with Crippen molar-refractivity contribution in [3.05, 3.63) is 96.0 Å². The quantitative estimate of drug-likeness (QED) is 0.534. The highest BCUT2D eigenvalue weighted by Crippen LogP contribution is 2.16. The van der Waals surface area contributed by atoms with Crippen LogP contribution in [0, 0.1) is 0 Å². The van der Waals surface area contributed by atoms with Crippen molar-refractivity contribution < 1.29 is 9.47 Å². The van der Waals surface area contributed by atoms with Crippen LogP contribution >= 0.6 is 0 Å². The molecule has 0 aliphatic heterocycles. The van der Waals surface area contributed by atoms with Crippen molar-refractivity contribution in [1.82, 2.24) is 0 Å². The van der Waals surface area contributed by atoms with Gasteiger partial charge in [0.15, 0.2) is 11.5 Å². The van der Waals surface area contributed by atoms with Crippen molar-refractivity contribution in [3.63, 3.8) is 0 Å². The summed E-state index contributed by atoms with van der Waals surface area (Å²) in [5.74, 6) is 1.23. The smallest absolute Gasteiger partial charge is 0.156 e. The van der Waals surface area contributed by atoms with Gasteiger partial charge in [-0.15, -0.1) is 0 Å². The van der Waals surface area contributed by atoms with Crippen molar-refractivity contribution in [2.45, 2.75) is 20.1 Å². The van der Waals surface area contributed by atoms with Gasteiger partial charge in [0, 0.05) is 0 Å². The normalized spacial score (nSPS) is 11.0. The van der Waals surface area contributed by atoms with Crippen molar-refractivity contribution >= 4 is 0 Å². The summed E-state index contributed by atoms with van der Waals surface area (Å²) in [7, 11) is 0. The Morgan fingerprint density at radius 1 is 0.857 bits per heavy atom. The molecule has 0 aliphatic carbocycles. The Bertz CT molecular complexity index is 585. The molecule has 2 aromatic rings. The molecule has 0 fully saturated rings. The van der Waals surface area contributed by atoms with Crippen LogP contribution in [0.4, 0.5) is 0 Å². The zero-order chi connectivity index (χ0) is 14.9. The predicted molar refractivity (Wildman–Crippen MR) is 85.4 cm³/mol. The number of ether oxygens (including phenoxy) is 2. The lowest BCUT2D eigenvalue weighted by molar-refractivity contribution is 0.137. The number of allylic oxidation sites excluding steroid dienone is 1. The molecule has 2 nitrogen and oxygen atoms in total. The van der Waals surface area contributed by atoms with Gasteiger partial charge in [0.05, 0.1) is 0 Å². The molecule has 108 valence electrons.